The van der Waals surface area contributed by atoms with E-state index in [0.717, 1.165) is 29.7 Å². The number of nitrogens with one attached hydrogen (secondary N) is 1. The lowest BCUT2D eigenvalue weighted by Crippen LogP contribution is -2.22. The van der Waals surface area contributed by atoms with Gasteiger partial charge in [0.1, 0.15) is 5.82 Å². The van der Waals surface area contributed by atoms with E-state index in [1.54, 1.807) is 0 Å². The molecule has 1 N–H and O–H groups in total. The van der Waals surface area contributed by atoms with Gasteiger partial charge in [-0.15, -0.1) is 0 Å². The van der Waals surface area contributed by atoms with Crippen molar-refractivity contribution in [3.05, 3.63) is 65.0 Å². The molecule has 0 bridgehead atoms. The summed E-state index contributed by atoms with van der Waals surface area (Å²) in [6, 6.07) is 11.3. The minimum Gasteiger partial charge on any atom is -0.452 e. The summed E-state index contributed by atoms with van der Waals surface area (Å²) in [4.78, 5) is 23.9. The first-order chi connectivity index (χ1) is 11.6. The Bertz CT molecular complexity index is 721. The standard InChI is InChI=1S/C19H20FNO3/c1-3-13-8-7-9-14(4-2)18(13)21-17(22)12-24-19(23)15-10-5-6-11-16(15)20/h5-11H,3-4,12H2,1-2H3,(H,21,22). The minimum atomic E-state index is -0.859. The number of esters is 1. The molecule has 5 heteroatoms. The maximum atomic E-state index is 13.5. The van der Waals surface area contributed by atoms with Crippen molar-refractivity contribution < 1.29 is 18.7 Å². The molecule has 1 amide bonds. The fourth-order valence-corrected chi connectivity index (χ4v) is 2.41. The van der Waals surface area contributed by atoms with Gasteiger partial charge in [0.25, 0.3) is 5.91 Å². The van der Waals surface area contributed by atoms with Gasteiger partial charge in [0.05, 0.1) is 5.56 Å². The van der Waals surface area contributed by atoms with Gasteiger partial charge in [-0.25, -0.2) is 9.18 Å². The Hall–Kier alpha value is -2.69. The third-order valence-electron chi connectivity index (χ3n) is 3.69. The number of carbonyl (C=O) groups is 2. The molecule has 2 rings (SSSR count). The van der Waals surface area contributed by atoms with Crippen LogP contribution in [0.2, 0.25) is 0 Å². The van der Waals surface area contributed by atoms with E-state index in [-0.39, 0.29) is 5.56 Å². The highest BCUT2D eigenvalue weighted by Crippen LogP contribution is 2.22. The summed E-state index contributed by atoms with van der Waals surface area (Å²) >= 11 is 0. The van der Waals surface area contributed by atoms with Crippen molar-refractivity contribution in [3.63, 3.8) is 0 Å². The molecule has 0 aliphatic rings. The van der Waals surface area contributed by atoms with Crippen molar-refractivity contribution in [2.45, 2.75) is 26.7 Å². The van der Waals surface area contributed by atoms with Crippen LogP contribution in [-0.2, 0) is 22.4 Å². The number of aryl methyl sites for hydroxylation is 2. The summed E-state index contributed by atoms with van der Waals surface area (Å²) in [5.74, 6) is -1.98. The van der Waals surface area contributed by atoms with Crippen LogP contribution in [-0.4, -0.2) is 18.5 Å². The predicted molar refractivity (Wildman–Crippen MR) is 90.5 cm³/mol. The number of hydrogen-bond donors (Lipinski definition) is 1. The smallest absolute Gasteiger partial charge is 0.341 e. The topological polar surface area (TPSA) is 55.4 Å². The first kappa shape index (κ1) is 17.7. The van der Waals surface area contributed by atoms with E-state index in [1.807, 2.05) is 32.0 Å². The average molecular weight is 329 g/mol. The largest absolute Gasteiger partial charge is 0.452 e. The summed E-state index contributed by atoms with van der Waals surface area (Å²) in [5, 5.41) is 2.79. The fourth-order valence-electron chi connectivity index (χ4n) is 2.41. The van der Waals surface area contributed by atoms with Crippen LogP contribution in [0.3, 0.4) is 0 Å². The Labute approximate surface area is 140 Å². The molecule has 24 heavy (non-hydrogen) atoms. The van der Waals surface area contributed by atoms with Crippen LogP contribution < -0.4 is 5.32 Å². The second kappa shape index (κ2) is 8.24. The first-order valence-electron chi connectivity index (χ1n) is 7.89. The fraction of sp³-hybridized carbons (Fsp3) is 0.263. The van der Waals surface area contributed by atoms with Crippen molar-refractivity contribution >= 4 is 17.6 Å². The van der Waals surface area contributed by atoms with Crippen molar-refractivity contribution in [2.75, 3.05) is 11.9 Å². The molecule has 2 aromatic carbocycles. The molecule has 0 heterocycles. The van der Waals surface area contributed by atoms with Gasteiger partial charge in [0, 0.05) is 5.69 Å². The van der Waals surface area contributed by atoms with Crippen molar-refractivity contribution in [1.29, 1.82) is 0 Å². The minimum absolute atomic E-state index is 0.187. The highest BCUT2D eigenvalue weighted by atomic mass is 19.1. The van der Waals surface area contributed by atoms with Crippen LogP contribution in [0.5, 0.6) is 0 Å². The maximum Gasteiger partial charge on any atom is 0.341 e. The van der Waals surface area contributed by atoms with E-state index in [4.69, 9.17) is 4.74 Å². The van der Waals surface area contributed by atoms with Gasteiger partial charge >= 0.3 is 5.97 Å². The van der Waals surface area contributed by atoms with E-state index in [1.165, 1.54) is 24.3 Å². The second-order valence-corrected chi connectivity index (χ2v) is 5.26. The zero-order valence-electron chi connectivity index (χ0n) is 13.8. The summed E-state index contributed by atoms with van der Waals surface area (Å²) in [5.41, 5.74) is 2.61. The SMILES string of the molecule is CCc1cccc(CC)c1NC(=O)COC(=O)c1ccccc1F. The molecule has 126 valence electrons. The Kier molecular flexibility index (Phi) is 6.07. The van der Waals surface area contributed by atoms with Crippen LogP contribution in [0.15, 0.2) is 42.5 Å². The monoisotopic (exact) mass is 329 g/mol. The Morgan fingerprint density at radius 2 is 1.62 bits per heavy atom. The van der Waals surface area contributed by atoms with Crippen LogP contribution in [0.25, 0.3) is 0 Å². The summed E-state index contributed by atoms with van der Waals surface area (Å²) in [6.45, 7) is 3.54. The van der Waals surface area contributed by atoms with Gasteiger partial charge in [-0.3, -0.25) is 4.79 Å². The highest BCUT2D eigenvalue weighted by Gasteiger charge is 2.15. The van der Waals surface area contributed by atoms with Gasteiger partial charge in [-0.1, -0.05) is 44.2 Å². The zero-order chi connectivity index (χ0) is 17.5. The van der Waals surface area contributed by atoms with Gasteiger partial charge in [0.15, 0.2) is 6.61 Å². The highest BCUT2D eigenvalue weighted by molar-refractivity contribution is 5.96. The van der Waals surface area contributed by atoms with Crippen LogP contribution in [0.1, 0.15) is 35.3 Å². The molecule has 0 fully saturated rings. The van der Waals surface area contributed by atoms with E-state index >= 15 is 0 Å². The van der Waals surface area contributed by atoms with E-state index < -0.39 is 24.3 Å². The molecule has 0 saturated carbocycles. The Balaban J connectivity index is 2.02. The molecule has 0 radical (unpaired) electrons. The molecular weight excluding hydrogens is 309 g/mol. The van der Waals surface area contributed by atoms with Gasteiger partial charge < -0.3 is 10.1 Å². The lowest BCUT2D eigenvalue weighted by atomic mass is 10.0. The van der Waals surface area contributed by atoms with Crippen LogP contribution >= 0.6 is 0 Å². The first-order valence-corrected chi connectivity index (χ1v) is 7.89. The summed E-state index contributed by atoms with van der Waals surface area (Å²) < 4.78 is 18.4. The number of anilines is 1. The number of amides is 1. The normalized spacial score (nSPS) is 10.3. The number of benzene rings is 2. The number of para-hydroxylation sites is 1. The lowest BCUT2D eigenvalue weighted by Gasteiger charge is -2.14. The molecule has 0 aliphatic carbocycles. The average Bonchev–Trinajstić information content (AvgIpc) is 2.60. The number of hydrogen-bond acceptors (Lipinski definition) is 3. The lowest BCUT2D eigenvalue weighted by molar-refractivity contribution is -0.119. The maximum absolute atomic E-state index is 13.5. The third kappa shape index (κ3) is 4.19. The molecule has 0 spiro atoms. The number of ether oxygens (including phenoxy) is 1. The van der Waals surface area contributed by atoms with Gasteiger partial charge in [-0.05, 0) is 36.1 Å². The predicted octanol–water partition coefficient (Wildman–Crippen LogP) is 3.75. The van der Waals surface area contributed by atoms with Crippen molar-refractivity contribution in [2.24, 2.45) is 0 Å². The molecule has 0 atom stereocenters. The van der Waals surface area contributed by atoms with Crippen LogP contribution in [0.4, 0.5) is 10.1 Å². The molecule has 2 aromatic rings. The van der Waals surface area contributed by atoms with Crippen molar-refractivity contribution in [1.82, 2.24) is 0 Å². The Morgan fingerprint density at radius 3 is 2.21 bits per heavy atom. The quantitative estimate of drug-likeness (QED) is 0.821. The molecular formula is C19H20FNO3. The second-order valence-electron chi connectivity index (χ2n) is 5.26. The number of rotatable bonds is 6. The van der Waals surface area contributed by atoms with Crippen molar-refractivity contribution in [3.8, 4) is 0 Å². The van der Waals surface area contributed by atoms with E-state index in [9.17, 15) is 14.0 Å². The Morgan fingerprint density at radius 1 is 1.00 bits per heavy atom. The molecule has 0 aromatic heterocycles. The molecule has 0 unspecified atom stereocenters. The number of halogens is 1. The summed E-state index contributed by atoms with van der Waals surface area (Å²) in [6.07, 6.45) is 1.55. The number of carbonyl (C=O) groups excluding carboxylic acids is 2. The van der Waals surface area contributed by atoms with Gasteiger partial charge in [-0.2, -0.15) is 0 Å². The van der Waals surface area contributed by atoms with E-state index in [2.05, 4.69) is 5.32 Å². The molecule has 0 aliphatic heterocycles. The zero-order valence-corrected chi connectivity index (χ0v) is 13.8. The molecule has 4 nitrogen and oxygen atoms in total. The van der Waals surface area contributed by atoms with Gasteiger partial charge in [0.2, 0.25) is 0 Å². The third-order valence-corrected chi connectivity index (χ3v) is 3.69. The molecule has 0 saturated heterocycles. The van der Waals surface area contributed by atoms with Crippen LogP contribution in [0, 0.1) is 5.82 Å². The summed E-state index contributed by atoms with van der Waals surface area (Å²) in [7, 11) is 0. The van der Waals surface area contributed by atoms with E-state index in [0.29, 0.717) is 0 Å².